The second kappa shape index (κ2) is 5.71. The van der Waals surface area contributed by atoms with Crippen LogP contribution in [0.5, 0.6) is 11.5 Å². The number of hydrogen-bond donors (Lipinski definition) is 0. The van der Waals surface area contributed by atoms with Gasteiger partial charge in [-0.1, -0.05) is 42.5 Å². The van der Waals surface area contributed by atoms with E-state index in [1.54, 1.807) is 0 Å². The summed E-state index contributed by atoms with van der Waals surface area (Å²) in [6.07, 6.45) is 2.69. The Labute approximate surface area is 140 Å². The van der Waals surface area contributed by atoms with Gasteiger partial charge in [0.2, 0.25) is 6.79 Å². The fraction of sp³-hybridized carbons (Fsp3) is 0.250. The standard InChI is InChI=1S/C20H18O4/c1-20(16-5-3-2-4-6-16)10-9-15(12-22-19(20)21)14-7-8-17-18(11-14)24-13-23-17/h2-9,11H,10,12-13H2,1H3/t20-/m0/s1. The Balaban J connectivity index is 1.67. The summed E-state index contributed by atoms with van der Waals surface area (Å²) in [5, 5.41) is 0. The monoisotopic (exact) mass is 322 g/mol. The van der Waals surface area contributed by atoms with E-state index in [4.69, 9.17) is 14.2 Å². The molecule has 0 radical (unpaired) electrons. The molecule has 2 aromatic rings. The molecule has 2 aliphatic heterocycles. The van der Waals surface area contributed by atoms with Crippen molar-refractivity contribution in [3.63, 3.8) is 0 Å². The van der Waals surface area contributed by atoms with Crippen molar-refractivity contribution in [2.75, 3.05) is 13.4 Å². The normalized spacial score (nSPS) is 22.5. The van der Waals surface area contributed by atoms with Gasteiger partial charge in [0.15, 0.2) is 11.5 Å². The summed E-state index contributed by atoms with van der Waals surface area (Å²) in [6.45, 7) is 2.45. The third-order valence-electron chi connectivity index (χ3n) is 4.72. The van der Waals surface area contributed by atoms with Crippen LogP contribution in [0.25, 0.3) is 5.57 Å². The number of carbonyl (C=O) groups is 1. The van der Waals surface area contributed by atoms with Crippen molar-refractivity contribution in [3.05, 3.63) is 65.7 Å². The molecule has 0 amide bonds. The van der Waals surface area contributed by atoms with Gasteiger partial charge in [0.05, 0.1) is 5.41 Å². The summed E-state index contributed by atoms with van der Waals surface area (Å²) in [4.78, 5) is 12.6. The molecular formula is C20H18O4. The van der Waals surface area contributed by atoms with Gasteiger partial charge in [-0.05, 0) is 42.2 Å². The van der Waals surface area contributed by atoms with Gasteiger partial charge in [0.1, 0.15) is 6.61 Å². The summed E-state index contributed by atoms with van der Waals surface area (Å²) < 4.78 is 16.4. The quantitative estimate of drug-likeness (QED) is 0.791. The molecule has 2 heterocycles. The van der Waals surface area contributed by atoms with Crippen LogP contribution in [0.3, 0.4) is 0 Å². The Hall–Kier alpha value is -2.75. The number of esters is 1. The average Bonchev–Trinajstić information content (AvgIpc) is 3.03. The molecule has 2 aromatic carbocycles. The first-order chi connectivity index (χ1) is 11.7. The van der Waals surface area contributed by atoms with Gasteiger partial charge in [-0.15, -0.1) is 0 Å². The minimum absolute atomic E-state index is 0.194. The minimum atomic E-state index is -0.667. The summed E-state index contributed by atoms with van der Waals surface area (Å²) >= 11 is 0. The fourth-order valence-electron chi connectivity index (χ4n) is 3.11. The van der Waals surface area contributed by atoms with Gasteiger partial charge >= 0.3 is 5.97 Å². The highest BCUT2D eigenvalue weighted by Crippen LogP contribution is 2.37. The topological polar surface area (TPSA) is 44.8 Å². The van der Waals surface area contributed by atoms with Crippen LogP contribution in [-0.4, -0.2) is 19.4 Å². The Morgan fingerprint density at radius 2 is 1.75 bits per heavy atom. The van der Waals surface area contributed by atoms with E-state index in [-0.39, 0.29) is 19.4 Å². The van der Waals surface area contributed by atoms with Crippen molar-refractivity contribution in [3.8, 4) is 11.5 Å². The van der Waals surface area contributed by atoms with Crippen molar-refractivity contribution in [1.82, 2.24) is 0 Å². The van der Waals surface area contributed by atoms with Crippen molar-refractivity contribution < 1.29 is 19.0 Å². The number of ether oxygens (including phenoxy) is 3. The van der Waals surface area contributed by atoms with E-state index in [0.717, 1.165) is 28.2 Å². The third kappa shape index (κ3) is 2.44. The van der Waals surface area contributed by atoms with Crippen molar-refractivity contribution >= 4 is 11.5 Å². The van der Waals surface area contributed by atoms with Gasteiger partial charge < -0.3 is 14.2 Å². The van der Waals surface area contributed by atoms with Crippen LogP contribution in [0.15, 0.2) is 54.6 Å². The maximum atomic E-state index is 12.6. The maximum absolute atomic E-state index is 12.6. The van der Waals surface area contributed by atoms with Crippen molar-refractivity contribution in [1.29, 1.82) is 0 Å². The Kier molecular flexibility index (Phi) is 3.53. The first-order valence-corrected chi connectivity index (χ1v) is 7.99. The van der Waals surface area contributed by atoms with Gasteiger partial charge in [-0.2, -0.15) is 0 Å². The summed E-state index contributed by atoms with van der Waals surface area (Å²) in [5.41, 5.74) is 2.28. The van der Waals surface area contributed by atoms with Crippen LogP contribution < -0.4 is 9.47 Å². The van der Waals surface area contributed by atoms with Crippen molar-refractivity contribution in [2.24, 2.45) is 0 Å². The molecule has 0 aliphatic carbocycles. The summed E-state index contributed by atoms with van der Waals surface area (Å²) in [6, 6.07) is 15.6. The van der Waals surface area contributed by atoms with Crippen LogP contribution in [0.2, 0.25) is 0 Å². The number of hydrogen-bond acceptors (Lipinski definition) is 4. The molecule has 0 spiro atoms. The van der Waals surface area contributed by atoms with E-state index in [1.807, 2.05) is 55.5 Å². The lowest BCUT2D eigenvalue weighted by Gasteiger charge is -2.24. The SMILES string of the molecule is C[C@@]1(c2ccccc2)CC=C(c2ccc3c(c2)OCO3)COC1=O. The zero-order chi connectivity index (χ0) is 16.6. The molecule has 4 heteroatoms. The lowest BCUT2D eigenvalue weighted by molar-refractivity contribution is -0.148. The van der Waals surface area contributed by atoms with Crippen LogP contribution in [0.1, 0.15) is 24.5 Å². The molecule has 4 rings (SSSR count). The molecule has 24 heavy (non-hydrogen) atoms. The van der Waals surface area contributed by atoms with E-state index in [9.17, 15) is 4.79 Å². The number of carbonyl (C=O) groups excluding carboxylic acids is 1. The van der Waals surface area contributed by atoms with Gasteiger partial charge in [-0.25, -0.2) is 0 Å². The number of allylic oxidation sites excluding steroid dienone is 1. The Morgan fingerprint density at radius 3 is 2.58 bits per heavy atom. The zero-order valence-electron chi connectivity index (χ0n) is 13.5. The zero-order valence-corrected chi connectivity index (χ0v) is 13.5. The molecule has 0 N–H and O–H groups in total. The molecule has 122 valence electrons. The summed E-state index contributed by atoms with van der Waals surface area (Å²) in [7, 11) is 0. The molecule has 2 aliphatic rings. The third-order valence-corrected chi connectivity index (χ3v) is 4.72. The van der Waals surface area contributed by atoms with E-state index >= 15 is 0 Å². The highest BCUT2D eigenvalue weighted by molar-refractivity contribution is 5.86. The molecule has 0 bridgehead atoms. The minimum Gasteiger partial charge on any atom is -0.460 e. The van der Waals surface area contributed by atoms with E-state index in [1.165, 1.54) is 0 Å². The molecule has 0 saturated heterocycles. The molecule has 4 nitrogen and oxygen atoms in total. The first-order valence-electron chi connectivity index (χ1n) is 7.99. The lowest BCUT2D eigenvalue weighted by Crippen LogP contribution is -2.33. The van der Waals surface area contributed by atoms with Crippen LogP contribution in [-0.2, 0) is 14.9 Å². The predicted octanol–water partition coefficient (Wildman–Crippen LogP) is 3.70. The smallest absolute Gasteiger partial charge is 0.316 e. The lowest BCUT2D eigenvalue weighted by atomic mass is 9.79. The molecule has 1 atom stereocenters. The van der Waals surface area contributed by atoms with E-state index in [2.05, 4.69) is 6.08 Å². The van der Waals surface area contributed by atoms with Gasteiger partial charge in [0.25, 0.3) is 0 Å². The van der Waals surface area contributed by atoms with E-state index in [0.29, 0.717) is 6.42 Å². The Bertz CT molecular complexity index is 810. The average molecular weight is 322 g/mol. The highest BCUT2D eigenvalue weighted by atomic mass is 16.7. The van der Waals surface area contributed by atoms with Gasteiger partial charge in [0, 0.05) is 0 Å². The maximum Gasteiger partial charge on any atom is 0.316 e. The second-order valence-electron chi connectivity index (χ2n) is 6.28. The number of cyclic esters (lactones) is 1. The first kappa shape index (κ1) is 14.8. The molecule has 0 aromatic heterocycles. The largest absolute Gasteiger partial charge is 0.460 e. The fourth-order valence-corrected chi connectivity index (χ4v) is 3.11. The molecular weight excluding hydrogens is 304 g/mol. The highest BCUT2D eigenvalue weighted by Gasteiger charge is 2.37. The second-order valence-corrected chi connectivity index (χ2v) is 6.28. The molecule has 0 saturated carbocycles. The van der Waals surface area contributed by atoms with Crippen LogP contribution >= 0.6 is 0 Å². The summed E-state index contributed by atoms with van der Waals surface area (Å²) in [5.74, 6) is 1.29. The van der Waals surface area contributed by atoms with Gasteiger partial charge in [-0.3, -0.25) is 4.79 Å². The number of rotatable bonds is 2. The number of fused-ring (bicyclic) bond motifs is 1. The Morgan fingerprint density at radius 1 is 0.958 bits per heavy atom. The van der Waals surface area contributed by atoms with Crippen LogP contribution in [0, 0.1) is 0 Å². The molecule has 0 fully saturated rings. The van der Waals surface area contributed by atoms with Crippen LogP contribution in [0.4, 0.5) is 0 Å². The predicted molar refractivity (Wildman–Crippen MR) is 89.9 cm³/mol. The van der Waals surface area contributed by atoms with E-state index < -0.39 is 5.41 Å². The van der Waals surface area contributed by atoms with Crippen molar-refractivity contribution in [2.45, 2.75) is 18.8 Å². The molecule has 0 unspecified atom stereocenters. The number of benzene rings is 2.